The van der Waals surface area contributed by atoms with Crippen LogP contribution in [0.5, 0.6) is 0 Å². The Hall–Kier alpha value is -2.76. The summed E-state index contributed by atoms with van der Waals surface area (Å²) in [4.78, 5) is 5.78. The lowest BCUT2D eigenvalue weighted by Gasteiger charge is -2.04. The first kappa shape index (κ1) is 18.6. The van der Waals surface area contributed by atoms with E-state index >= 15 is 0 Å². The van der Waals surface area contributed by atoms with E-state index in [1.54, 1.807) is 11.5 Å². The van der Waals surface area contributed by atoms with Gasteiger partial charge in [0, 0.05) is 0 Å². The topological polar surface area (TPSA) is 22.2 Å². The Morgan fingerprint density at radius 2 is 1.43 bits per heavy atom. The molecule has 3 aromatic carbocycles. The maximum Gasteiger partial charge on any atom is 0.209 e. The van der Waals surface area contributed by atoms with Crippen LogP contribution >= 0.6 is 23.8 Å². The van der Waals surface area contributed by atoms with Crippen molar-refractivity contribution in [2.45, 2.75) is 20.4 Å². The molecule has 4 aromatic rings. The van der Waals surface area contributed by atoms with Crippen LogP contribution in [0, 0.1) is 18.6 Å². The first-order chi connectivity index (χ1) is 13.6. The van der Waals surface area contributed by atoms with Gasteiger partial charge in [-0.1, -0.05) is 65.7 Å². The van der Waals surface area contributed by atoms with E-state index in [0.717, 1.165) is 20.9 Å². The third-order valence-corrected chi connectivity index (χ3v) is 6.08. The van der Waals surface area contributed by atoms with Crippen LogP contribution in [0.25, 0.3) is 5.69 Å². The van der Waals surface area contributed by atoms with E-state index in [1.807, 2.05) is 18.2 Å². The fourth-order valence-electron chi connectivity index (χ4n) is 2.92. The molecule has 5 heteroatoms. The molecule has 0 spiro atoms. The minimum atomic E-state index is 0.694. The SMILES string of the molecule is Cc1ccc(N=c2sn(-c3ccc(C)cc3)c(=S)n2Cc2ccccc2)cc1. The zero-order valence-electron chi connectivity index (χ0n) is 15.9. The van der Waals surface area contributed by atoms with Crippen LogP contribution < -0.4 is 4.80 Å². The van der Waals surface area contributed by atoms with E-state index in [2.05, 4.69) is 83.0 Å². The number of hydrogen-bond acceptors (Lipinski definition) is 3. The summed E-state index contributed by atoms with van der Waals surface area (Å²) in [6, 6.07) is 27.0. The van der Waals surface area contributed by atoms with E-state index in [0.29, 0.717) is 6.54 Å². The van der Waals surface area contributed by atoms with Crippen LogP contribution in [-0.2, 0) is 6.54 Å². The predicted octanol–water partition coefficient (Wildman–Crippen LogP) is 5.97. The molecule has 0 aliphatic rings. The Balaban J connectivity index is 1.87. The lowest BCUT2D eigenvalue weighted by atomic mass is 10.2. The van der Waals surface area contributed by atoms with Crippen molar-refractivity contribution in [1.29, 1.82) is 0 Å². The average Bonchev–Trinajstić information content (AvgIpc) is 3.01. The minimum absolute atomic E-state index is 0.694. The summed E-state index contributed by atoms with van der Waals surface area (Å²) in [6.07, 6.45) is 0. The van der Waals surface area contributed by atoms with Crippen molar-refractivity contribution in [3.8, 4) is 5.69 Å². The number of rotatable bonds is 4. The average molecular weight is 404 g/mol. The van der Waals surface area contributed by atoms with Crippen LogP contribution in [0.3, 0.4) is 0 Å². The molecule has 0 unspecified atom stereocenters. The van der Waals surface area contributed by atoms with Crippen LogP contribution in [0.4, 0.5) is 5.69 Å². The molecule has 0 bridgehead atoms. The van der Waals surface area contributed by atoms with Gasteiger partial charge in [-0.2, -0.15) is 0 Å². The van der Waals surface area contributed by atoms with Crippen molar-refractivity contribution < 1.29 is 0 Å². The van der Waals surface area contributed by atoms with Crippen molar-refractivity contribution in [3.05, 3.63) is 105 Å². The summed E-state index contributed by atoms with van der Waals surface area (Å²) in [5.74, 6) is 0. The van der Waals surface area contributed by atoms with Gasteiger partial charge in [-0.25, -0.2) is 8.95 Å². The molecule has 4 rings (SSSR count). The maximum absolute atomic E-state index is 5.84. The Labute approximate surface area is 174 Å². The van der Waals surface area contributed by atoms with Gasteiger partial charge in [0.2, 0.25) is 4.80 Å². The van der Waals surface area contributed by atoms with Gasteiger partial charge >= 0.3 is 0 Å². The highest BCUT2D eigenvalue weighted by molar-refractivity contribution is 7.71. The molecule has 0 N–H and O–H groups in total. The first-order valence-electron chi connectivity index (χ1n) is 9.16. The van der Waals surface area contributed by atoms with E-state index in [9.17, 15) is 0 Å². The van der Waals surface area contributed by atoms with Crippen molar-refractivity contribution in [3.63, 3.8) is 0 Å². The monoisotopic (exact) mass is 403 g/mol. The largest absolute Gasteiger partial charge is 0.288 e. The number of nitrogens with zero attached hydrogens (tertiary/aromatic N) is 3. The number of hydrogen-bond donors (Lipinski definition) is 0. The smallest absolute Gasteiger partial charge is 0.209 e. The Bertz CT molecular complexity index is 1200. The second-order valence-electron chi connectivity index (χ2n) is 6.81. The van der Waals surface area contributed by atoms with Gasteiger partial charge in [0.15, 0.2) is 4.77 Å². The summed E-state index contributed by atoms with van der Waals surface area (Å²) in [5.41, 5.74) is 5.65. The second kappa shape index (κ2) is 8.09. The highest BCUT2D eigenvalue weighted by Gasteiger charge is 2.09. The Morgan fingerprint density at radius 3 is 2.07 bits per heavy atom. The van der Waals surface area contributed by atoms with Crippen molar-refractivity contribution in [2.24, 2.45) is 4.99 Å². The predicted molar refractivity (Wildman–Crippen MR) is 119 cm³/mol. The Morgan fingerprint density at radius 1 is 0.821 bits per heavy atom. The fraction of sp³-hybridized carbons (Fsp3) is 0.130. The fourth-order valence-corrected chi connectivity index (χ4v) is 4.31. The van der Waals surface area contributed by atoms with Gasteiger partial charge in [0.1, 0.15) is 0 Å². The van der Waals surface area contributed by atoms with Crippen molar-refractivity contribution >= 4 is 29.4 Å². The van der Waals surface area contributed by atoms with Gasteiger partial charge in [-0.05, 0) is 67.4 Å². The van der Waals surface area contributed by atoms with Crippen molar-refractivity contribution in [2.75, 3.05) is 0 Å². The Kier molecular flexibility index (Phi) is 5.37. The van der Waals surface area contributed by atoms with Crippen molar-refractivity contribution in [1.82, 2.24) is 8.52 Å². The summed E-state index contributed by atoms with van der Waals surface area (Å²) in [6.45, 7) is 4.86. The maximum atomic E-state index is 5.84. The van der Waals surface area contributed by atoms with Gasteiger partial charge < -0.3 is 0 Å². The summed E-state index contributed by atoms with van der Waals surface area (Å²) < 4.78 is 4.93. The van der Waals surface area contributed by atoms with E-state index in [-0.39, 0.29) is 0 Å². The van der Waals surface area contributed by atoms with Crippen LogP contribution in [0.15, 0.2) is 83.9 Å². The third-order valence-electron chi connectivity index (χ3n) is 4.52. The number of benzene rings is 3. The van der Waals surface area contributed by atoms with Crippen LogP contribution in [0.2, 0.25) is 0 Å². The van der Waals surface area contributed by atoms with E-state index < -0.39 is 0 Å². The summed E-state index contributed by atoms with van der Waals surface area (Å²) in [7, 11) is 0. The van der Waals surface area contributed by atoms with Gasteiger partial charge in [-0.15, -0.1) is 0 Å². The molecule has 0 aliphatic carbocycles. The normalized spacial score (nSPS) is 11.7. The molecule has 140 valence electrons. The van der Waals surface area contributed by atoms with Gasteiger partial charge in [-0.3, -0.25) is 4.57 Å². The van der Waals surface area contributed by atoms with Gasteiger partial charge in [0.25, 0.3) is 0 Å². The zero-order chi connectivity index (χ0) is 19.5. The first-order valence-corrected chi connectivity index (χ1v) is 10.3. The summed E-state index contributed by atoms with van der Waals surface area (Å²) in [5, 5.41) is 0. The zero-order valence-corrected chi connectivity index (χ0v) is 17.5. The van der Waals surface area contributed by atoms with E-state index in [1.165, 1.54) is 16.7 Å². The molecular formula is C23H21N3S2. The molecule has 1 aromatic heterocycles. The number of aryl methyl sites for hydroxylation is 2. The third kappa shape index (κ3) is 4.06. The molecule has 1 heterocycles. The molecule has 0 fully saturated rings. The lowest BCUT2D eigenvalue weighted by molar-refractivity contribution is 0.736. The molecule has 0 aliphatic heterocycles. The molecule has 0 saturated carbocycles. The molecule has 0 atom stereocenters. The van der Waals surface area contributed by atoms with Crippen LogP contribution in [-0.4, -0.2) is 8.52 Å². The molecule has 28 heavy (non-hydrogen) atoms. The van der Waals surface area contributed by atoms with Gasteiger partial charge in [0.05, 0.1) is 17.9 Å². The van der Waals surface area contributed by atoms with Crippen LogP contribution in [0.1, 0.15) is 16.7 Å². The summed E-state index contributed by atoms with van der Waals surface area (Å²) >= 11 is 7.41. The standard InChI is InChI=1S/C23H21N3S2/c1-17-8-12-20(13-9-17)24-22-25(16-19-6-4-3-5-7-19)23(27)26(28-22)21-14-10-18(2)11-15-21/h3-15H,16H2,1-2H3. The number of aromatic nitrogens is 2. The molecular weight excluding hydrogens is 382 g/mol. The highest BCUT2D eigenvalue weighted by atomic mass is 32.1. The highest BCUT2D eigenvalue weighted by Crippen LogP contribution is 2.16. The molecule has 3 nitrogen and oxygen atoms in total. The molecule has 0 saturated heterocycles. The van der Waals surface area contributed by atoms with E-state index in [4.69, 9.17) is 17.2 Å². The lowest BCUT2D eigenvalue weighted by Crippen LogP contribution is -2.15. The second-order valence-corrected chi connectivity index (χ2v) is 8.08. The molecule has 0 amide bonds. The quantitative estimate of drug-likeness (QED) is 0.385. The molecule has 0 radical (unpaired) electrons. The minimum Gasteiger partial charge on any atom is -0.288 e.